The van der Waals surface area contributed by atoms with Crippen LogP contribution in [-0.2, 0) is 16.1 Å². The molecule has 1 aliphatic heterocycles. The molecule has 2 rings (SSSR count). The average molecular weight is 314 g/mol. The molecule has 1 unspecified atom stereocenters. The number of halogens is 1. The van der Waals surface area contributed by atoms with Crippen LogP contribution in [0.1, 0.15) is 11.1 Å². The molecule has 5 nitrogen and oxygen atoms in total. The van der Waals surface area contributed by atoms with E-state index in [0.29, 0.717) is 26.2 Å². The van der Waals surface area contributed by atoms with Crippen molar-refractivity contribution < 1.29 is 9.53 Å². The first-order valence-corrected chi connectivity index (χ1v) is 7.03. The van der Waals surface area contributed by atoms with Crippen molar-refractivity contribution in [2.75, 3.05) is 32.8 Å². The molecule has 118 valence electrons. The summed E-state index contributed by atoms with van der Waals surface area (Å²) in [7, 11) is 0. The predicted molar refractivity (Wildman–Crippen MR) is 85.5 cm³/mol. The molecule has 1 heterocycles. The summed E-state index contributed by atoms with van der Waals surface area (Å²) in [6.45, 7) is 5.70. The molecule has 0 aliphatic carbocycles. The van der Waals surface area contributed by atoms with Crippen LogP contribution in [0, 0.1) is 6.92 Å². The van der Waals surface area contributed by atoms with E-state index >= 15 is 0 Å². The lowest BCUT2D eigenvalue weighted by molar-refractivity contribution is -0.124. The van der Waals surface area contributed by atoms with Gasteiger partial charge in [0.2, 0.25) is 5.91 Å². The van der Waals surface area contributed by atoms with Gasteiger partial charge < -0.3 is 15.8 Å². The Morgan fingerprint density at radius 2 is 2.14 bits per heavy atom. The number of hydrogen-bond donors (Lipinski definition) is 2. The topological polar surface area (TPSA) is 67.6 Å². The second kappa shape index (κ2) is 9.00. The van der Waals surface area contributed by atoms with E-state index in [9.17, 15) is 4.79 Å². The van der Waals surface area contributed by atoms with Gasteiger partial charge in [0.15, 0.2) is 0 Å². The summed E-state index contributed by atoms with van der Waals surface area (Å²) < 4.78 is 5.48. The van der Waals surface area contributed by atoms with Crippen LogP contribution < -0.4 is 11.1 Å². The SMILES string of the molecule is Cc1ccc(CNC(=O)CN2CCOC(CN)C2)cc1.Cl. The summed E-state index contributed by atoms with van der Waals surface area (Å²) in [5.41, 5.74) is 7.93. The number of nitrogens with one attached hydrogen (secondary N) is 1. The van der Waals surface area contributed by atoms with Gasteiger partial charge in [-0.25, -0.2) is 0 Å². The van der Waals surface area contributed by atoms with Gasteiger partial charge in [-0.15, -0.1) is 12.4 Å². The summed E-state index contributed by atoms with van der Waals surface area (Å²) in [5.74, 6) is 0.0447. The number of ether oxygens (including phenoxy) is 1. The third-order valence-electron chi connectivity index (χ3n) is 3.46. The van der Waals surface area contributed by atoms with Crippen molar-refractivity contribution >= 4 is 18.3 Å². The summed E-state index contributed by atoms with van der Waals surface area (Å²) in [5, 5.41) is 2.95. The molecule has 1 aromatic carbocycles. The Hall–Kier alpha value is -1.14. The van der Waals surface area contributed by atoms with Gasteiger partial charge in [-0.2, -0.15) is 0 Å². The second-order valence-electron chi connectivity index (χ2n) is 5.23. The molecule has 0 bridgehead atoms. The maximum atomic E-state index is 11.9. The zero-order valence-electron chi connectivity index (χ0n) is 12.4. The summed E-state index contributed by atoms with van der Waals surface area (Å²) in [6, 6.07) is 8.17. The molecule has 1 aromatic rings. The highest BCUT2D eigenvalue weighted by molar-refractivity contribution is 5.85. The summed E-state index contributed by atoms with van der Waals surface area (Å²) >= 11 is 0. The maximum absolute atomic E-state index is 11.9. The van der Waals surface area contributed by atoms with Crippen LogP contribution in [0.15, 0.2) is 24.3 Å². The monoisotopic (exact) mass is 313 g/mol. The molecule has 21 heavy (non-hydrogen) atoms. The standard InChI is InChI=1S/C15H23N3O2.ClH/c1-12-2-4-13(5-3-12)9-17-15(19)11-18-6-7-20-14(8-16)10-18;/h2-5,14H,6-11,16H2,1H3,(H,17,19);1H. The van der Waals surface area contributed by atoms with Gasteiger partial charge in [-0.05, 0) is 12.5 Å². The van der Waals surface area contributed by atoms with Gasteiger partial charge in [0.25, 0.3) is 0 Å². The van der Waals surface area contributed by atoms with Gasteiger partial charge in [0, 0.05) is 26.2 Å². The van der Waals surface area contributed by atoms with E-state index in [4.69, 9.17) is 10.5 Å². The fraction of sp³-hybridized carbons (Fsp3) is 0.533. The minimum absolute atomic E-state index is 0. The molecule has 1 saturated heterocycles. The number of amides is 1. The van der Waals surface area contributed by atoms with Gasteiger partial charge in [-0.1, -0.05) is 29.8 Å². The van der Waals surface area contributed by atoms with Crippen molar-refractivity contribution in [1.29, 1.82) is 0 Å². The normalized spacial score (nSPS) is 18.9. The van der Waals surface area contributed by atoms with Crippen molar-refractivity contribution in [3.05, 3.63) is 35.4 Å². The largest absolute Gasteiger partial charge is 0.374 e. The first-order valence-electron chi connectivity index (χ1n) is 7.03. The highest BCUT2D eigenvalue weighted by atomic mass is 35.5. The maximum Gasteiger partial charge on any atom is 0.234 e. The molecular weight excluding hydrogens is 290 g/mol. The zero-order valence-corrected chi connectivity index (χ0v) is 13.2. The molecule has 1 amide bonds. The van der Waals surface area contributed by atoms with Crippen molar-refractivity contribution in [2.24, 2.45) is 5.73 Å². The van der Waals surface area contributed by atoms with Crippen LogP contribution in [0.5, 0.6) is 0 Å². The molecule has 0 saturated carbocycles. The average Bonchev–Trinajstić information content (AvgIpc) is 2.47. The Morgan fingerprint density at radius 3 is 2.81 bits per heavy atom. The summed E-state index contributed by atoms with van der Waals surface area (Å²) in [4.78, 5) is 14.0. The first-order chi connectivity index (χ1) is 9.67. The van der Waals surface area contributed by atoms with Gasteiger partial charge >= 0.3 is 0 Å². The van der Waals surface area contributed by atoms with Crippen molar-refractivity contribution in [1.82, 2.24) is 10.2 Å². The minimum atomic E-state index is 0. The molecular formula is C15H24ClN3O2. The molecule has 1 fully saturated rings. The van der Waals surface area contributed by atoms with Crippen LogP contribution in [0.4, 0.5) is 0 Å². The third kappa shape index (κ3) is 6.01. The highest BCUT2D eigenvalue weighted by Crippen LogP contribution is 2.04. The number of morpholine rings is 1. The van der Waals surface area contributed by atoms with Crippen LogP contribution in [0.25, 0.3) is 0 Å². The van der Waals surface area contributed by atoms with E-state index in [1.165, 1.54) is 5.56 Å². The van der Waals surface area contributed by atoms with E-state index < -0.39 is 0 Å². The second-order valence-corrected chi connectivity index (χ2v) is 5.23. The quantitative estimate of drug-likeness (QED) is 0.839. The molecule has 3 N–H and O–H groups in total. The Labute approximate surface area is 132 Å². The van der Waals surface area contributed by atoms with Gasteiger partial charge in [0.05, 0.1) is 19.3 Å². The van der Waals surface area contributed by atoms with Gasteiger partial charge in [-0.3, -0.25) is 9.69 Å². The molecule has 1 aliphatic rings. The Balaban J connectivity index is 0.00000220. The fourth-order valence-corrected chi connectivity index (χ4v) is 2.23. The highest BCUT2D eigenvalue weighted by Gasteiger charge is 2.20. The van der Waals surface area contributed by atoms with E-state index in [1.807, 2.05) is 12.1 Å². The lowest BCUT2D eigenvalue weighted by atomic mass is 10.1. The fourth-order valence-electron chi connectivity index (χ4n) is 2.23. The molecule has 6 heteroatoms. The number of rotatable bonds is 5. The number of aryl methyl sites for hydroxylation is 1. The van der Waals surface area contributed by atoms with E-state index in [-0.39, 0.29) is 24.4 Å². The number of benzene rings is 1. The predicted octanol–water partition coefficient (Wildman–Crippen LogP) is 0.693. The van der Waals surface area contributed by atoms with Crippen LogP contribution in [-0.4, -0.2) is 49.7 Å². The lowest BCUT2D eigenvalue weighted by Crippen LogP contribution is -2.48. The summed E-state index contributed by atoms with van der Waals surface area (Å²) in [6.07, 6.45) is 0.0497. The smallest absolute Gasteiger partial charge is 0.234 e. The number of nitrogens with zero attached hydrogens (tertiary/aromatic N) is 1. The molecule has 1 atom stereocenters. The van der Waals surface area contributed by atoms with E-state index in [0.717, 1.165) is 18.7 Å². The third-order valence-corrected chi connectivity index (χ3v) is 3.46. The molecule has 0 spiro atoms. The number of hydrogen-bond acceptors (Lipinski definition) is 4. The zero-order chi connectivity index (χ0) is 14.4. The number of carbonyl (C=O) groups is 1. The Kier molecular flexibility index (Phi) is 7.67. The molecule has 0 aromatic heterocycles. The van der Waals surface area contributed by atoms with Crippen molar-refractivity contribution in [2.45, 2.75) is 19.6 Å². The Bertz CT molecular complexity index is 439. The van der Waals surface area contributed by atoms with Crippen molar-refractivity contribution in [3.63, 3.8) is 0 Å². The Morgan fingerprint density at radius 1 is 1.43 bits per heavy atom. The van der Waals surface area contributed by atoms with E-state index in [1.54, 1.807) is 0 Å². The van der Waals surface area contributed by atoms with Crippen LogP contribution in [0.2, 0.25) is 0 Å². The van der Waals surface area contributed by atoms with E-state index in [2.05, 4.69) is 29.3 Å². The number of carbonyl (C=O) groups excluding carboxylic acids is 1. The molecule has 0 radical (unpaired) electrons. The minimum Gasteiger partial charge on any atom is -0.374 e. The van der Waals surface area contributed by atoms with Crippen LogP contribution in [0.3, 0.4) is 0 Å². The van der Waals surface area contributed by atoms with Crippen molar-refractivity contribution in [3.8, 4) is 0 Å². The van der Waals surface area contributed by atoms with Crippen LogP contribution >= 0.6 is 12.4 Å². The first kappa shape index (κ1) is 17.9. The lowest BCUT2D eigenvalue weighted by Gasteiger charge is -2.31. The van der Waals surface area contributed by atoms with Gasteiger partial charge in [0.1, 0.15) is 0 Å². The number of nitrogens with two attached hydrogens (primary N) is 1.